The molecule has 0 heterocycles. The van der Waals surface area contributed by atoms with E-state index in [9.17, 15) is 13.2 Å². The van der Waals surface area contributed by atoms with E-state index in [0.717, 1.165) is 11.1 Å². The van der Waals surface area contributed by atoms with Crippen LogP contribution in [0.4, 0.5) is 13.2 Å². The Morgan fingerprint density at radius 2 is 1.32 bits per heavy atom. The van der Waals surface area contributed by atoms with Crippen molar-refractivity contribution < 1.29 is 17.9 Å². The minimum Gasteiger partial charge on any atom is -0.406 e. The third-order valence-electron chi connectivity index (χ3n) is 2.44. The smallest absolute Gasteiger partial charge is 0.406 e. The molecule has 5 heteroatoms. The van der Waals surface area contributed by atoms with Crippen LogP contribution in [0, 0.1) is 11.3 Å². The molecule has 0 aromatic heterocycles. The van der Waals surface area contributed by atoms with Gasteiger partial charge in [-0.15, -0.1) is 13.2 Å². The van der Waals surface area contributed by atoms with Crippen LogP contribution in [0.25, 0.3) is 11.1 Å². The second-order valence-electron chi connectivity index (χ2n) is 3.76. The molecule has 0 unspecified atom stereocenters. The normalized spacial score (nSPS) is 10.8. The molecule has 2 aromatic carbocycles. The van der Waals surface area contributed by atoms with E-state index in [0.29, 0.717) is 5.56 Å². The van der Waals surface area contributed by atoms with Crippen molar-refractivity contribution in [2.45, 2.75) is 6.36 Å². The number of rotatable bonds is 2. The molecule has 2 rings (SSSR count). The Hall–Kier alpha value is -2.48. The van der Waals surface area contributed by atoms with Crippen LogP contribution in [0.3, 0.4) is 0 Å². The van der Waals surface area contributed by atoms with Crippen LogP contribution in [0.15, 0.2) is 48.5 Å². The second-order valence-corrected chi connectivity index (χ2v) is 3.76. The number of nitrogens with zero attached hydrogens (tertiary/aromatic N) is 1. The van der Waals surface area contributed by atoms with Crippen LogP contribution in [0.5, 0.6) is 5.75 Å². The Labute approximate surface area is 107 Å². The van der Waals surface area contributed by atoms with Gasteiger partial charge in [-0.2, -0.15) is 5.26 Å². The topological polar surface area (TPSA) is 33.0 Å². The summed E-state index contributed by atoms with van der Waals surface area (Å²) in [6.45, 7) is 0. The van der Waals surface area contributed by atoms with Gasteiger partial charge in [-0.3, -0.25) is 0 Å². The molecule has 0 saturated carbocycles. The van der Waals surface area contributed by atoms with Crippen molar-refractivity contribution in [3.05, 3.63) is 54.1 Å². The predicted molar refractivity (Wildman–Crippen MR) is 63.3 cm³/mol. The maximum absolute atomic E-state index is 12.0. The van der Waals surface area contributed by atoms with Crippen molar-refractivity contribution in [2.24, 2.45) is 0 Å². The van der Waals surface area contributed by atoms with E-state index in [1.165, 1.54) is 24.3 Å². The molecular formula is C14H8F3NO. The van der Waals surface area contributed by atoms with E-state index in [4.69, 9.17) is 5.26 Å². The zero-order valence-corrected chi connectivity index (χ0v) is 9.61. The maximum Gasteiger partial charge on any atom is 0.573 e. The summed E-state index contributed by atoms with van der Waals surface area (Å²) >= 11 is 0. The molecule has 2 aromatic rings. The van der Waals surface area contributed by atoms with Gasteiger partial charge >= 0.3 is 6.36 Å². The summed E-state index contributed by atoms with van der Waals surface area (Å²) in [7, 11) is 0. The third-order valence-corrected chi connectivity index (χ3v) is 2.44. The van der Waals surface area contributed by atoms with Crippen LogP contribution in [0.1, 0.15) is 5.56 Å². The van der Waals surface area contributed by atoms with Crippen molar-refractivity contribution in [1.29, 1.82) is 5.26 Å². The first kappa shape index (κ1) is 13.0. The Kier molecular flexibility index (Phi) is 3.43. The number of ether oxygens (including phenoxy) is 1. The van der Waals surface area contributed by atoms with Gasteiger partial charge in [0.1, 0.15) is 5.75 Å². The Balaban J connectivity index is 2.20. The summed E-state index contributed by atoms with van der Waals surface area (Å²) in [6.07, 6.45) is -4.68. The van der Waals surface area contributed by atoms with Gasteiger partial charge in [-0.05, 0) is 35.4 Å². The number of benzene rings is 2. The first-order chi connectivity index (χ1) is 8.98. The lowest BCUT2D eigenvalue weighted by molar-refractivity contribution is -0.274. The number of nitriles is 1. The standard InChI is InChI=1S/C14H8F3NO/c15-14(16,17)19-13-7-5-12(6-8-13)11-3-1-10(9-18)2-4-11/h1-8H. The zero-order valence-electron chi connectivity index (χ0n) is 9.61. The summed E-state index contributed by atoms with van der Waals surface area (Å²) in [5.74, 6) is -0.259. The van der Waals surface area contributed by atoms with Crippen LogP contribution < -0.4 is 4.74 Å². The molecule has 2 nitrogen and oxygen atoms in total. The van der Waals surface area contributed by atoms with Gasteiger partial charge in [-0.1, -0.05) is 24.3 Å². The summed E-state index contributed by atoms with van der Waals surface area (Å²) in [6, 6.07) is 14.3. The Morgan fingerprint density at radius 1 is 0.842 bits per heavy atom. The summed E-state index contributed by atoms with van der Waals surface area (Å²) in [5, 5.41) is 8.67. The number of alkyl halides is 3. The molecule has 0 atom stereocenters. The lowest BCUT2D eigenvalue weighted by atomic mass is 10.0. The highest BCUT2D eigenvalue weighted by Gasteiger charge is 2.30. The lowest BCUT2D eigenvalue weighted by Crippen LogP contribution is -2.16. The molecule has 0 spiro atoms. The Bertz CT molecular complexity index is 595. The first-order valence-electron chi connectivity index (χ1n) is 5.34. The Morgan fingerprint density at radius 3 is 1.74 bits per heavy atom. The van der Waals surface area contributed by atoms with E-state index in [1.807, 2.05) is 6.07 Å². The van der Waals surface area contributed by atoms with Crippen LogP contribution >= 0.6 is 0 Å². The predicted octanol–water partition coefficient (Wildman–Crippen LogP) is 4.12. The molecule has 0 N–H and O–H groups in total. The van der Waals surface area contributed by atoms with Crippen LogP contribution in [0.2, 0.25) is 0 Å². The van der Waals surface area contributed by atoms with Gasteiger partial charge in [0.15, 0.2) is 0 Å². The zero-order chi connectivity index (χ0) is 13.9. The molecule has 19 heavy (non-hydrogen) atoms. The summed E-state index contributed by atoms with van der Waals surface area (Å²) in [5.41, 5.74) is 2.09. The molecule has 0 amide bonds. The largest absolute Gasteiger partial charge is 0.573 e. The van der Waals surface area contributed by atoms with Gasteiger partial charge in [0.25, 0.3) is 0 Å². The minimum atomic E-state index is -4.68. The summed E-state index contributed by atoms with van der Waals surface area (Å²) in [4.78, 5) is 0. The molecule has 96 valence electrons. The van der Waals surface area contributed by atoms with Gasteiger partial charge in [0, 0.05) is 0 Å². The quantitative estimate of drug-likeness (QED) is 0.816. The molecular weight excluding hydrogens is 255 g/mol. The fourth-order valence-electron chi connectivity index (χ4n) is 1.59. The molecule has 0 bridgehead atoms. The number of halogens is 3. The number of hydrogen-bond donors (Lipinski definition) is 0. The average molecular weight is 263 g/mol. The molecule has 0 aliphatic rings. The lowest BCUT2D eigenvalue weighted by Gasteiger charge is -2.09. The van der Waals surface area contributed by atoms with Crippen molar-refractivity contribution in [3.8, 4) is 22.9 Å². The van der Waals surface area contributed by atoms with Gasteiger partial charge in [0.05, 0.1) is 11.6 Å². The van der Waals surface area contributed by atoms with Crippen LogP contribution in [-0.4, -0.2) is 6.36 Å². The third kappa shape index (κ3) is 3.49. The van der Waals surface area contributed by atoms with Crippen molar-refractivity contribution in [2.75, 3.05) is 0 Å². The van der Waals surface area contributed by atoms with E-state index >= 15 is 0 Å². The number of hydrogen-bond acceptors (Lipinski definition) is 2. The van der Waals surface area contributed by atoms with Crippen molar-refractivity contribution in [1.82, 2.24) is 0 Å². The van der Waals surface area contributed by atoms with Crippen molar-refractivity contribution in [3.63, 3.8) is 0 Å². The van der Waals surface area contributed by atoms with E-state index in [1.54, 1.807) is 24.3 Å². The fraction of sp³-hybridized carbons (Fsp3) is 0.0714. The first-order valence-corrected chi connectivity index (χ1v) is 5.34. The monoisotopic (exact) mass is 263 g/mol. The fourth-order valence-corrected chi connectivity index (χ4v) is 1.59. The minimum absolute atomic E-state index is 0.259. The maximum atomic E-state index is 12.0. The van der Waals surface area contributed by atoms with Gasteiger partial charge in [0.2, 0.25) is 0 Å². The van der Waals surface area contributed by atoms with Gasteiger partial charge in [-0.25, -0.2) is 0 Å². The summed E-state index contributed by atoms with van der Waals surface area (Å²) < 4.78 is 39.8. The van der Waals surface area contributed by atoms with E-state index in [2.05, 4.69) is 4.74 Å². The van der Waals surface area contributed by atoms with E-state index < -0.39 is 6.36 Å². The highest BCUT2D eigenvalue weighted by Crippen LogP contribution is 2.26. The molecule has 0 fully saturated rings. The average Bonchev–Trinajstić information content (AvgIpc) is 2.38. The second kappa shape index (κ2) is 5.02. The highest BCUT2D eigenvalue weighted by atomic mass is 19.4. The molecule has 0 aliphatic carbocycles. The van der Waals surface area contributed by atoms with Crippen molar-refractivity contribution >= 4 is 0 Å². The van der Waals surface area contributed by atoms with E-state index in [-0.39, 0.29) is 5.75 Å². The SMILES string of the molecule is N#Cc1ccc(-c2ccc(OC(F)(F)F)cc2)cc1. The van der Waals surface area contributed by atoms with Crippen LogP contribution in [-0.2, 0) is 0 Å². The van der Waals surface area contributed by atoms with Gasteiger partial charge < -0.3 is 4.74 Å². The highest BCUT2D eigenvalue weighted by molar-refractivity contribution is 5.64. The molecule has 0 radical (unpaired) electrons. The molecule has 0 saturated heterocycles. The molecule has 0 aliphatic heterocycles.